The van der Waals surface area contributed by atoms with Crippen LogP contribution in [0.1, 0.15) is 26.3 Å². The van der Waals surface area contributed by atoms with E-state index in [2.05, 4.69) is 16.8 Å². The summed E-state index contributed by atoms with van der Waals surface area (Å²) in [4.78, 5) is 18.1. The minimum absolute atomic E-state index is 0.125. The fourth-order valence-corrected chi connectivity index (χ4v) is 3.16. The van der Waals surface area contributed by atoms with E-state index in [1.165, 1.54) is 6.07 Å². The maximum atomic E-state index is 14.4. The van der Waals surface area contributed by atoms with Gasteiger partial charge in [0.15, 0.2) is 0 Å². The molecule has 0 unspecified atom stereocenters. The molecule has 1 amide bonds. The lowest BCUT2D eigenvalue weighted by Crippen LogP contribution is -2.57. The van der Waals surface area contributed by atoms with Gasteiger partial charge in [0.2, 0.25) is 0 Å². The molecule has 0 aliphatic carbocycles. The SMILES string of the molecule is CN1CCN(Cc2ccc(OC3CN(C(=O)OC(C)(C)C)C3)cc2F)CC1. The van der Waals surface area contributed by atoms with E-state index in [0.29, 0.717) is 30.9 Å². The summed E-state index contributed by atoms with van der Waals surface area (Å²) in [5, 5.41) is 0. The van der Waals surface area contributed by atoms with E-state index in [1.807, 2.05) is 26.8 Å². The third kappa shape index (κ3) is 5.56. The van der Waals surface area contributed by atoms with Crippen molar-refractivity contribution in [3.05, 3.63) is 29.6 Å². The van der Waals surface area contributed by atoms with Crippen LogP contribution in [0.5, 0.6) is 5.75 Å². The highest BCUT2D eigenvalue weighted by atomic mass is 19.1. The molecule has 0 spiro atoms. The van der Waals surface area contributed by atoms with E-state index in [1.54, 1.807) is 11.0 Å². The molecule has 2 aliphatic heterocycles. The molecule has 0 radical (unpaired) electrons. The first-order valence-corrected chi connectivity index (χ1v) is 9.53. The molecule has 150 valence electrons. The Morgan fingerprint density at radius 2 is 1.85 bits per heavy atom. The molecule has 7 heteroatoms. The smallest absolute Gasteiger partial charge is 0.410 e. The molecule has 3 rings (SSSR count). The Morgan fingerprint density at radius 3 is 2.44 bits per heavy atom. The van der Waals surface area contributed by atoms with Crippen LogP contribution in [0.3, 0.4) is 0 Å². The van der Waals surface area contributed by atoms with Gasteiger partial charge in [0, 0.05) is 44.4 Å². The number of rotatable bonds is 4. The van der Waals surface area contributed by atoms with Gasteiger partial charge in [-0.25, -0.2) is 9.18 Å². The van der Waals surface area contributed by atoms with Crippen LogP contribution >= 0.6 is 0 Å². The zero-order valence-electron chi connectivity index (χ0n) is 16.7. The summed E-state index contributed by atoms with van der Waals surface area (Å²) >= 11 is 0. The van der Waals surface area contributed by atoms with Gasteiger partial charge in [-0.1, -0.05) is 6.07 Å². The van der Waals surface area contributed by atoms with Crippen LogP contribution in [0.25, 0.3) is 0 Å². The van der Waals surface area contributed by atoms with Gasteiger partial charge in [0.1, 0.15) is 23.3 Å². The molecule has 6 nitrogen and oxygen atoms in total. The molecule has 2 aliphatic rings. The van der Waals surface area contributed by atoms with E-state index >= 15 is 0 Å². The number of hydrogen-bond donors (Lipinski definition) is 0. The van der Waals surface area contributed by atoms with Crippen LogP contribution in [-0.4, -0.2) is 78.8 Å². The number of hydrogen-bond acceptors (Lipinski definition) is 5. The molecule has 0 N–H and O–H groups in total. The summed E-state index contributed by atoms with van der Waals surface area (Å²) in [6.07, 6.45) is -0.462. The van der Waals surface area contributed by atoms with Crippen molar-refractivity contribution in [2.75, 3.05) is 46.3 Å². The Balaban J connectivity index is 1.47. The number of likely N-dealkylation sites (N-methyl/N-ethyl adjacent to an activating group) is 1. The van der Waals surface area contributed by atoms with Crippen molar-refractivity contribution in [2.45, 2.75) is 39.0 Å². The Kier molecular flexibility index (Phi) is 5.91. The average molecular weight is 379 g/mol. The molecule has 2 fully saturated rings. The second-order valence-electron chi connectivity index (χ2n) is 8.46. The lowest BCUT2D eigenvalue weighted by molar-refractivity contribution is -0.0222. The predicted molar refractivity (Wildman–Crippen MR) is 101 cm³/mol. The number of amides is 1. The minimum Gasteiger partial charge on any atom is -0.487 e. The van der Waals surface area contributed by atoms with Crippen molar-refractivity contribution < 1.29 is 18.7 Å². The number of carbonyl (C=O) groups excluding carboxylic acids is 1. The third-order valence-electron chi connectivity index (χ3n) is 4.82. The first-order valence-electron chi connectivity index (χ1n) is 9.53. The Hall–Kier alpha value is -1.86. The van der Waals surface area contributed by atoms with Gasteiger partial charge >= 0.3 is 6.09 Å². The number of piperazine rings is 1. The van der Waals surface area contributed by atoms with Crippen LogP contribution in [-0.2, 0) is 11.3 Å². The fourth-order valence-electron chi connectivity index (χ4n) is 3.16. The van der Waals surface area contributed by atoms with E-state index in [0.717, 1.165) is 26.2 Å². The molecular weight excluding hydrogens is 349 g/mol. The van der Waals surface area contributed by atoms with E-state index in [4.69, 9.17) is 9.47 Å². The highest BCUT2D eigenvalue weighted by Gasteiger charge is 2.35. The predicted octanol–water partition coefficient (Wildman–Crippen LogP) is 2.57. The highest BCUT2D eigenvalue weighted by molar-refractivity contribution is 5.69. The Morgan fingerprint density at radius 1 is 1.19 bits per heavy atom. The Labute approximate surface area is 160 Å². The summed E-state index contributed by atoms with van der Waals surface area (Å²) in [5.41, 5.74) is 0.182. The molecule has 2 saturated heterocycles. The zero-order chi connectivity index (χ0) is 19.6. The normalized spacial score (nSPS) is 19.7. The van der Waals surface area contributed by atoms with Crippen molar-refractivity contribution in [3.63, 3.8) is 0 Å². The average Bonchev–Trinajstić information content (AvgIpc) is 2.53. The van der Waals surface area contributed by atoms with Crippen LogP contribution in [0.4, 0.5) is 9.18 Å². The number of benzene rings is 1. The molecule has 2 heterocycles. The standard InChI is InChI=1S/C20H30FN3O3/c1-20(2,3)27-19(25)24-13-17(14-24)26-16-6-5-15(18(21)11-16)12-23-9-7-22(4)8-10-23/h5-6,11,17H,7-10,12-14H2,1-4H3. The molecule has 0 saturated carbocycles. The number of ether oxygens (including phenoxy) is 2. The van der Waals surface area contributed by atoms with Gasteiger partial charge in [0.25, 0.3) is 0 Å². The van der Waals surface area contributed by atoms with E-state index in [-0.39, 0.29) is 18.0 Å². The number of likely N-dealkylation sites (tertiary alicyclic amines) is 1. The second kappa shape index (κ2) is 8.02. The van der Waals surface area contributed by atoms with Gasteiger partial charge < -0.3 is 19.3 Å². The second-order valence-corrected chi connectivity index (χ2v) is 8.46. The molecule has 0 atom stereocenters. The minimum atomic E-state index is -0.508. The first-order chi connectivity index (χ1) is 12.7. The molecule has 0 bridgehead atoms. The van der Waals surface area contributed by atoms with Crippen LogP contribution in [0.2, 0.25) is 0 Å². The number of halogens is 1. The van der Waals surface area contributed by atoms with Crippen molar-refractivity contribution in [2.24, 2.45) is 0 Å². The summed E-state index contributed by atoms with van der Waals surface area (Å²) in [6, 6.07) is 5.06. The molecule has 27 heavy (non-hydrogen) atoms. The summed E-state index contributed by atoms with van der Waals surface area (Å²) < 4.78 is 25.6. The lowest BCUT2D eigenvalue weighted by atomic mass is 10.1. The largest absolute Gasteiger partial charge is 0.487 e. The quantitative estimate of drug-likeness (QED) is 0.805. The van der Waals surface area contributed by atoms with Crippen molar-refractivity contribution >= 4 is 6.09 Å². The lowest BCUT2D eigenvalue weighted by Gasteiger charge is -2.39. The van der Waals surface area contributed by atoms with Gasteiger partial charge in [-0.3, -0.25) is 4.90 Å². The topological polar surface area (TPSA) is 45.2 Å². The summed E-state index contributed by atoms with van der Waals surface area (Å²) in [5.74, 6) is 0.262. The van der Waals surface area contributed by atoms with Gasteiger partial charge in [-0.2, -0.15) is 0 Å². The molecule has 0 aromatic heterocycles. The highest BCUT2D eigenvalue weighted by Crippen LogP contribution is 2.23. The van der Waals surface area contributed by atoms with Gasteiger partial charge in [-0.15, -0.1) is 0 Å². The molecule has 1 aromatic carbocycles. The maximum absolute atomic E-state index is 14.4. The first kappa shape index (κ1) is 19.9. The number of nitrogens with zero attached hydrogens (tertiary/aromatic N) is 3. The zero-order valence-corrected chi connectivity index (χ0v) is 16.7. The Bertz CT molecular complexity index is 663. The monoisotopic (exact) mass is 379 g/mol. The van der Waals surface area contributed by atoms with E-state index in [9.17, 15) is 9.18 Å². The van der Waals surface area contributed by atoms with Crippen molar-refractivity contribution in [1.29, 1.82) is 0 Å². The molecule has 1 aromatic rings. The fraction of sp³-hybridized carbons (Fsp3) is 0.650. The maximum Gasteiger partial charge on any atom is 0.410 e. The van der Waals surface area contributed by atoms with Crippen LogP contribution in [0, 0.1) is 5.82 Å². The summed E-state index contributed by atoms with van der Waals surface area (Å²) in [7, 11) is 2.11. The number of carbonyl (C=O) groups is 1. The van der Waals surface area contributed by atoms with Crippen molar-refractivity contribution in [3.8, 4) is 5.75 Å². The van der Waals surface area contributed by atoms with Gasteiger partial charge in [-0.05, 0) is 33.9 Å². The van der Waals surface area contributed by atoms with Crippen LogP contribution < -0.4 is 4.74 Å². The molecular formula is C20H30FN3O3. The van der Waals surface area contributed by atoms with Gasteiger partial charge in [0.05, 0.1) is 13.1 Å². The van der Waals surface area contributed by atoms with Crippen molar-refractivity contribution in [1.82, 2.24) is 14.7 Å². The third-order valence-corrected chi connectivity index (χ3v) is 4.82. The van der Waals surface area contributed by atoms with E-state index < -0.39 is 5.60 Å². The van der Waals surface area contributed by atoms with Crippen LogP contribution in [0.15, 0.2) is 18.2 Å². The summed E-state index contributed by atoms with van der Waals surface area (Å²) in [6.45, 7) is 11.0.